The quantitative estimate of drug-likeness (QED) is 0.306. The number of hydrogen-bond donors (Lipinski definition) is 1. The maximum Gasteiger partial charge on any atom is 0.194 e. The van der Waals surface area contributed by atoms with Crippen LogP contribution in [-0.4, -0.2) is 40.0 Å². The van der Waals surface area contributed by atoms with Crippen molar-refractivity contribution in [2.45, 2.75) is 46.2 Å². The number of aromatic nitrogens is 2. The molecule has 1 aromatic heterocycles. The number of unbranched alkanes of at least 4 members (excludes halogenated alkanes) is 1. The van der Waals surface area contributed by atoms with E-state index in [1.165, 1.54) is 11.1 Å². The van der Waals surface area contributed by atoms with Crippen molar-refractivity contribution in [2.75, 3.05) is 19.6 Å². The van der Waals surface area contributed by atoms with Crippen LogP contribution in [0.4, 0.5) is 0 Å². The average molecular weight is 467 g/mol. The molecule has 142 valence electrons. The molecule has 1 N–H and O–H groups in total. The number of aliphatic imine (C=N–C) groups is 1. The number of guanidine groups is 1. The number of halogens is 1. The Kier molecular flexibility index (Phi) is 8.41. The molecule has 1 aromatic carbocycles. The molecule has 2 heterocycles. The van der Waals surface area contributed by atoms with Gasteiger partial charge in [0.15, 0.2) is 5.96 Å². The third-order valence-corrected chi connectivity index (χ3v) is 4.76. The number of imidazole rings is 1. The van der Waals surface area contributed by atoms with Gasteiger partial charge >= 0.3 is 0 Å². The van der Waals surface area contributed by atoms with E-state index in [0.717, 1.165) is 63.8 Å². The monoisotopic (exact) mass is 467 g/mol. The smallest absolute Gasteiger partial charge is 0.194 e. The van der Waals surface area contributed by atoms with E-state index in [4.69, 9.17) is 4.99 Å². The van der Waals surface area contributed by atoms with Crippen LogP contribution in [0.15, 0.2) is 41.7 Å². The van der Waals surface area contributed by atoms with E-state index in [1.54, 1.807) is 0 Å². The van der Waals surface area contributed by atoms with Gasteiger partial charge in [-0.1, -0.05) is 24.3 Å². The standard InChI is InChI=1S/C20H29N5.HI/c1-3-21-20(23-11-6-7-13-24-15-12-22-17(24)2)25-14-10-18-8-4-5-9-19(18)16-25;/h4-5,8-9,12,15H,3,6-7,10-11,13-14,16H2,1-2H3,(H,21,23);1H. The maximum atomic E-state index is 4.86. The molecule has 1 aliphatic heterocycles. The second-order valence-corrected chi connectivity index (χ2v) is 6.55. The Labute approximate surface area is 173 Å². The molecule has 0 fully saturated rings. The number of nitrogens with one attached hydrogen (secondary N) is 1. The first-order chi connectivity index (χ1) is 12.3. The summed E-state index contributed by atoms with van der Waals surface area (Å²) in [6.07, 6.45) is 7.24. The van der Waals surface area contributed by atoms with Crippen molar-refractivity contribution < 1.29 is 0 Å². The summed E-state index contributed by atoms with van der Waals surface area (Å²) in [6.45, 7) is 8.98. The maximum absolute atomic E-state index is 4.86. The topological polar surface area (TPSA) is 45.5 Å². The van der Waals surface area contributed by atoms with Crippen LogP contribution in [0.1, 0.15) is 36.7 Å². The fraction of sp³-hybridized carbons (Fsp3) is 0.500. The zero-order chi connectivity index (χ0) is 17.5. The van der Waals surface area contributed by atoms with Crippen molar-refractivity contribution in [3.8, 4) is 0 Å². The van der Waals surface area contributed by atoms with Gasteiger partial charge in [0.05, 0.1) is 0 Å². The van der Waals surface area contributed by atoms with E-state index in [2.05, 4.69) is 57.9 Å². The first-order valence-electron chi connectivity index (χ1n) is 9.35. The molecule has 0 amide bonds. The van der Waals surface area contributed by atoms with Crippen molar-refractivity contribution in [1.82, 2.24) is 19.8 Å². The highest BCUT2D eigenvalue weighted by Crippen LogP contribution is 2.18. The molecule has 0 bridgehead atoms. The van der Waals surface area contributed by atoms with Gasteiger partial charge in [-0.15, -0.1) is 24.0 Å². The highest BCUT2D eigenvalue weighted by atomic mass is 127. The predicted octanol–water partition coefficient (Wildman–Crippen LogP) is 3.61. The van der Waals surface area contributed by atoms with E-state index in [1.807, 2.05) is 12.4 Å². The van der Waals surface area contributed by atoms with Crippen LogP contribution in [0.25, 0.3) is 0 Å². The zero-order valence-electron chi connectivity index (χ0n) is 15.8. The molecule has 0 unspecified atom stereocenters. The molecule has 0 saturated carbocycles. The Morgan fingerprint density at radius 3 is 2.77 bits per heavy atom. The SMILES string of the molecule is CCNC(=NCCCCn1ccnc1C)N1CCc2ccccc2C1.I. The van der Waals surface area contributed by atoms with Crippen LogP contribution < -0.4 is 5.32 Å². The molecule has 1 aliphatic rings. The van der Waals surface area contributed by atoms with Gasteiger partial charge in [-0.2, -0.15) is 0 Å². The van der Waals surface area contributed by atoms with Crippen LogP contribution in [-0.2, 0) is 19.5 Å². The molecular weight excluding hydrogens is 437 g/mol. The van der Waals surface area contributed by atoms with Crippen molar-refractivity contribution in [3.63, 3.8) is 0 Å². The molecule has 2 aromatic rings. The van der Waals surface area contributed by atoms with Crippen molar-refractivity contribution in [1.29, 1.82) is 0 Å². The van der Waals surface area contributed by atoms with Crippen LogP contribution in [0, 0.1) is 6.92 Å². The Morgan fingerprint density at radius 1 is 1.23 bits per heavy atom. The summed E-state index contributed by atoms with van der Waals surface area (Å²) in [5, 5.41) is 3.46. The molecule has 3 rings (SSSR count). The van der Waals surface area contributed by atoms with E-state index >= 15 is 0 Å². The minimum atomic E-state index is 0. The molecule has 5 nitrogen and oxygen atoms in total. The third kappa shape index (κ3) is 5.46. The Balaban J connectivity index is 0.00000243. The van der Waals surface area contributed by atoms with Crippen LogP contribution in [0.2, 0.25) is 0 Å². The summed E-state index contributed by atoms with van der Waals surface area (Å²) < 4.78 is 2.20. The molecule has 0 spiro atoms. The lowest BCUT2D eigenvalue weighted by Crippen LogP contribution is -2.44. The van der Waals surface area contributed by atoms with Gasteiger partial charge in [-0.05, 0) is 44.2 Å². The summed E-state index contributed by atoms with van der Waals surface area (Å²) in [5.41, 5.74) is 2.90. The summed E-state index contributed by atoms with van der Waals surface area (Å²) in [4.78, 5) is 11.5. The fourth-order valence-electron chi connectivity index (χ4n) is 3.32. The number of hydrogen-bond acceptors (Lipinski definition) is 2. The predicted molar refractivity (Wildman–Crippen MR) is 118 cm³/mol. The van der Waals surface area contributed by atoms with E-state index in [0.29, 0.717) is 0 Å². The highest BCUT2D eigenvalue weighted by Gasteiger charge is 2.18. The Bertz CT molecular complexity index is 710. The van der Waals surface area contributed by atoms with Gasteiger partial charge in [0, 0.05) is 45.1 Å². The van der Waals surface area contributed by atoms with Gasteiger partial charge in [0.25, 0.3) is 0 Å². The van der Waals surface area contributed by atoms with Crippen molar-refractivity contribution in [2.24, 2.45) is 4.99 Å². The van der Waals surface area contributed by atoms with Gasteiger partial charge in [0.1, 0.15) is 5.82 Å². The molecule has 6 heteroatoms. The molecule has 0 radical (unpaired) electrons. The van der Waals surface area contributed by atoms with Crippen molar-refractivity contribution in [3.05, 3.63) is 53.6 Å². The average Bonchev–Trinajstić information content (AvgIpc) is 3.05. The van der Waals surface area contributed by atoms with Gasteiger partial charge in [0.2, 0.25) is 0 Å². The normalized spacial score (nSPS) is 13.9. The fourth-order valence-corrected chi connectivity index (χ4v) is 3.32. The summed E-state index contributed by atoms with van der Waals surface area (Å²) in [7, 11) is 0. The molecule has 26 heavy (non-hydrogen) atoms. The summed E-state index contributed by atoms with van der Waals surface area (Å²) in [6, 6.07) is 8.74. The number of aryl methyl sites for hydroxylation is 2. The van der Waals surface area contributed by atoms with Crippen LogP contribution in [0.3, 0.4) is 0 Å². The van der Waals surface area contributed by atoms with Gasteiger partial charge in [-0.25, -0.2) is 4.98 Å². The lowest BCUT2D eigenvalue weighted by molar-refractivity contribution is 0.378. The van der Waals surface area contributed by atoms with E-state index in [9.17, 15) is 0 Å². The van der Waals surface area contributed by atoms with Gasteiger partial charge in [-0.3, -0.25) is 4.99 Å². The lowest BCUT2D eigenvalue weighted by Gasteiger charge is -2.31. The Hall–Kier alpha value is -1.57. The first kappa shape index (κ1) is 20.7. The molecule has 0 atom stereocenters. The zero-order valence-corrected chi connectivity index (χ0v) is 18.1. The second-order valence-electron chi connectivity index (χ2n) is 6.55. The third-order valence-electron chi connectivity index (χ3n) is 4.76. The Morgan fingerprint density at radius 2 is 2.04 bits per heavy atom. The second kappa shape index (κ2) is 10.5. The summed E-state index contributed by atoms with van der Waals surface area (Å²) >= 11 is 0. The van der Waals surface area contributed by atoms with Crippen LogP contribution in [0.5, 0.6) is 0 Å². The molecular formula is C20H30IN5. The number of rotatable bonds is 6. The minimum absolute atomic E-state index is 0. The van der Waals surface area contributed by atoms with E-state index < -0.39 is 0 Å². The number of benzene rings is 1. The first-order valence-corrected chi connectivity index (χ1v) is 9.35. The number of fused-ring (bicyclic) bond motifs is 1. The largest absolute Gasteiger partial charge is 0.357 e. The van der Waals surface area contributed by atoms with Crippen molar-refractivity contribution >= 4 is 29.9 Å². The van der Waals surface area contributed by atoms with Gasteiger partial charge < -0.3 is 14.8 Å². The highest BCUT2D eigenvalue weighted by molar-refractivity contribution is 14.0. The minimum Gasteiger partial charge on any atom is -0.357 e. The summed E-state index contributed by atoms with van der Waals surface area (Å²) in [5.74, 6) is 2.14. The molecule has 0 saturated heterocycles. The van der Waals surface area contributed by atoms with Crippen LogP contribution >= 0.6 is 24.0 Å². The number of nitrogens with zero attached hydrogens (tertiary/aromatic N) is 4. The molecule has 0 aliphatic carbocycles. The van der Waals surface area contributed by atoms with E-state index in [-0.39, 0.29) is 24.0 Å². The lowest BCUT2D eigenvalue weighted by atomic mass is 10.0.